The van der Waals surface area contributed by atoms with Crippen LogP contribution in [0, 0.1) is 0 Å². The average Bonchev–Trinajstić information content (AvgIpc) is 2.62. The number of methoxy groups -OCH3 is 1. The van der Waals surface area contributed by atoms with Gasteiger partial charge in [-0.3, -0.25) is 4.79 Å². The van der Waals surface area contributed by atoms with Gasteiger partial charge in [-0.25, -0.2) is 9.97 Å². The fraction of sp³-hybridized carbons (Fsp3) is 0.312. The molecule has 1 fully saturated rings. The van der Waals surface area contributed by atoms with Crippen molar-refractivity contribution in [3.8, 4) is 11.6 Å². The number of anilines is 1. The first-order valence-electron chi connectivity index (χ1n) is 7.36. The summed E-state index contributed by atoms with van der Waals surface area (Å²) in [5, 5.41) is 9.34. The summed E-state index contributed by atoms with van der Waals surface area (Å²) in [7, 11) is 1.51. The Bertz CT molecular complexity index is 682. The van der Waals surface area contributed by atoms with Crippen LogP contribution in [0.4, 0.5) is 5.69 Å². The molecule has 3 rings (SSSR count). The average molecular weight is 314 g/mol. The highest BCUT2D eigenvalue weighted by atomic mass is 16.5. The minimum absolute atomic E-state index is 0.115. The topological polar surface area (TPSA) is 78.8 Å². The van der Waals surface area contributed by atoms with Gasteiger partial charge in [0.15, 0.2) is 0 Å². The van der Waals surface area contributed by atoms with Gasteiger partial charge in [0.2, 0.25) is 5.88 Å². The van der Waals surface area contributed by atoms with E-state index in [9.17, 15) is 9.90 Å². The third kappa shape index (κ3) is 3.33. The van der Waals surface area contributed by atoms with Crippen molar-refractivity contribution in [2.75, 3.05) is 38.2 Å². The van der Waals surface area contributed by atoms with E-state index >= 15 is 0 Å². The molecule has 120 valence electrons. The molecular weight excluding hydrogens is 296 g/mol. The number of aromatic nitrogens is 2. The maximum atomic E-state index is 12.5. The Balaban J connectivity index is 1.64. The summed E-state index contributed by atoms with van der Waals surface area (Å²) >= 11 is 0. The third-order valence-electron chi connectivity index (χ3n) is 3.85. The standard InChI is InChI=1S/C16H18N4O3/c1-23-15-10-14(17-11-18-15)16(22)20-8-6-19(7-9-20)12-2-4-13(21)5-3-12/h2-5,10-11,21H,6-9H2,1H3. The van der Waals surface area contributed by atoms with Gasteiger partial charge in [-0.1, -0.05) is 0 Å². The van der Waals surface area contributed by atoms with Gasteiger partial charge in [0.1, 0.15) is 17.8 Å². The summed E-state index contributed by atoms with van der Waals surface area (Å²) in [6, 6.07) is 8.64. The van der Waals surface area contributed by atoms with Crippen molar-refractivity contribution in [1.82, 2.24) is 14.9 Å². The van der Waals surface area contributed by atoms with Crippen molar-refractivity contribution >= 4 is 11.6 Å². The summed E-state index contributed by atoms with van der Waals surface area (Å²) < 4.78 is 5.03. The number of aromatic hydroxyl groups is 1. The Morgan fingerprint density at radius 3 is 2.48 bits per heavy atom. The number of amides is 1. The zero-order chi connectivity index (χ0) is 16.2. The van der Waals surface area contributed by atoms with Crippen molar-refractivity contribution in [2.45, 2.75) is 0 Å². The summed E-state index contributed by atoms with van der Waals surface area (Å²) in [6.07, 6.45) is 1.33. The number of rotatable bonds is 3. The summed E-state index contributed by atoms with van der Waals surface area (Å²) in [4.78, 5) is 24.4. The number of phenols is 1. The molecule has 0 radical (unpaired) electrons. The number of phenolic OH excluding ortho intramolecular Hbond substituents is 1. The number of carbonyl (C=O) groups excluding carboxylic acids is 1. The molecule has 0 atom stereocenters. The lowest BCUT2D eigenvalue weighted by Gasteiger charge is -2.36. The van der Waals surface area contributed by atoms with Gasteiger partial charge < -0.3 is 19.6 Å². The second-order valence-corrected chi connectivity index (χ2v) is 5.24. The van der Waals surface area contributed by atoms with Crippen LogP contribution in [-0.4, -0.2) is 59.2 Å². The fourth-order valence-electron chi connectivity index (χ4n) is 2.56. The monoisotopic (exact) mass is 314 g/mol. The Kier molecular flexibility index (Phi) is 4.27. The largest absolute Gasteiger partial charge is 0.508 e. The molecule has 7 nitrogen and oxygen atoms in total. The first kappa shape index (κ1) is 15.1. The molecule has 23 heavy (non-hydrogen) atoms. The number of piperazine rings is 1. The van der Waals surface area contributed by atoms with Gasteiger partial charge in [-0.05, 0) is 24.3 Å². The van der Waals surface area contributed by atoms with Crippen LogP contribution in [0.5, 0.6) is 11.6 Å². The lowest BCUT2D eigenvalue weighted by molar-refractivity contribution is 0.0740. The van der Waals surface area contributed by atoms with Crippen molar-refractivity contribution < 1.29 is 14.6 Å². The highest BCUT2D eigenvalue weighted by molar-refractivity contribution is 5.92. The second kappa shape index (κ2) is 6.51. The molecule has 2 heterocycles. The number of hydrogen-bond donors (Lipinski definition) is 1. The molecule has 0 bridgehead atoms. The van der Waals surface area contributed by atoms with Crippen LogP contribution in [0.3, 0.4) is 0 Å². The second-order valence-electron chi connectivity index (χ2n) is 5.24. The van der Waals surface area contributed by atoms with E-state index in [1.165, 1.54) is 13.4 Å². The summed E-state index contributed by atoms with van der Waals surface area (Å²) in [5.74, 6) is 0.516. The molecule has 1 aliphatic heterocycles. The summed E-state index contributed by atoms with van der Waals surface area (Å²) in [6.45, 7) is 2.70. The predicted octanol–water partition coefficient (Wildman–Crippen LogP) is 1.15. The molecule has 1 aromatic carbocycles. The van der Waals surface area contributed by atoms with Gasteiger partial charge in [0.05, 0.1) is 7.11 Å². The van der Waals surface area contributed by atoms with Crippen molar-refractivity contribution in [1.29, 1.82) is 0 Å². The minimum atomic E-state index is -0.115. The van der Waals surface area contributed by atoms with E-state index in [1.54, 1.807) is 23.1 Å². The molecule has 1 aliphatic rings. The van der Waals surface area contributed by atoms with E-state index in [1.807, 2.05) is 12.1 Å². The number of benzene rings is 1. The first-order chi connectivity index (χ1) is 11.2. The number of hydrogen-bond acceptors (Lipinski definition) is 6. The third-order valence-corrected chi connectivity index (χ3v) is 3.85. The molecule has 2 aromatic rings. The van der Waals surface area contributed by atoms with Gasteiger partial charge in [0, 0.05) is 37.9 Å². The Hall–Kier alpha value is -2.83. The van der Waals surface area contributed by atoms with Gasteiger partial charge in [0.25, 0.3) is 5.91 Å². The Morgan fingerprint density at radius 2 is 1.83 bits per heavy atom. The number of carbonyl (C=O) groups is 1. The SMILES string of the molecule is COc1cc(C(=O)N2CCN(c3ccc(O)cc3)CC2)ncn1. The Morgan fingerprint density at radius 1 is 1.13 bits per heavy atom. The van der Waals surface area contributed by atoms with E-state index in [0.29, 0.717) is 24.7 Å². The van der Waals surface area contributed by atoms with E-state index in [-0.39, 0.29) is 11.7 Å². The van der Waals surface area contributed by atoms with Gasteiger partial charge >= 0.3 is 0 Å². The van der Waals surface area contributed by atoms with E-state index < -0.39 is 0 Å². The van der Waals surface area contributed by atoms with Crippen LogP contribution in [0.25, 0.3) is 0 Å². The van der Waals surface area contributed by atoms with Gasteiger partial charge in [-0.2, -0.15) is 0 Å². The van der Waals surface area contributed by atoms with Crippen LogP contribution < -0.4 is 9.64 Å². The maximum absolute atomic E-state index is 12.5. The molecule has 0 aliphatic carbocycles. The zero-order valence-corrected chi connectivity index (χ0v) is 12.8. The minimum Gasteiger partial charge on any atom is -0.508 e. The van der Waals surface area contributed by atoms with Crippen LogP contribution in [0.2, 0.25) is 0 Å². The molecular formula is C16H18N4O3. The molecule has 7 heteroatoms. The fourth-order valence-corrected chi connectivity index (χ4v) is 2.56. The molecule has 1 N–H and O–H groups in total. The maximum Gasteiger partial charge on any atom is 0.272 e. The number of nitrogens with zero attached hydrogens (tertiary/aromatic N) is 4. The normalized spacial score (nSPS) is 14.7. The lowest BCUT2D eigenvalue weighted by atomic mass is 10.2. The summed E-state index contributed by atoms with van der Waals surface area (Å²) in [5.41, 5.74) is 1.38. The quantitative estimate of drug-likeness (QED) is 0.916. The molecule has 0 unspecified atom stereocenters. The molecule has 1 saturated heterocycles. The molecule has 1 aromatic heterocycles. The van der Waals surface area contributed by atoms with Crippen molar-refractivity contribution in [2.24, 2.45) is 0 Å². The van der Waals surface area contributed by atoms with E-state index in [2.05, 4.69) is 14.9 Å². The Labute approximate surface area is 134 Å². The highest BCUT2D eigenvalue weighted by Crippen LogP contribution is 2.20. The van der Waals surface area contributed by atoms with Crippen LogP contribution >= 0.6 is 0 Å². The molecule has 0 saturated carbocycles. The first-order valence-corrected chi connectivity index (χ1v) is 7.36. The van der Waals surface area contributed by atoms with E-state index in [4.69, 9.17) is 4.74 Å². The van der Waals surface area contributed by atoms with Crippen molar-refractivity contribution in [3.63, 3.8) is 0 Å². The van der Waals surface area contributed by atoms with Crippen molar-refractivity contribution in [3.05, 3.63) is 42.4 Å². The van der Waals surface area contributed by atoms with Crippen LogP contribution in [0.15, 0.2) is 36.7 Å². The van der Waals surface area contributed by atoms with Gasteiger partial charge in [-0.15, -0.1) is 0 Å². The van der Waals surface area contributed by atoms with E-state index in [0.717, 1.165) is 18.8 Å². The molecule has 1 amide bonds. The van der Waals surface area contributed by atoms with Crippen LogP contribution in [0.1, 0.15) is 10.5 Å². The van der Waals surface area contributed by atoms with Crippen LogP contribution in [-0.2, 0) is 0 Å². The molecule has 0 spiro atoms. The lowest BCUT2D eigenvalue weighted by Crippen LogP contribution is -2.49. The predicted molar refractivity (Wildman–Crippen MR) is 84.8 cm³/mol. The number of ether oxygens (including phenoxy) is 1. The smallest absolute Gasteiger partial charge is 0.272 e. The zero-order valence-electron chi connectivity index (χ0n) is 12.8. The highest BCUT2D eigenvalue weighted by Gasteiger charge is 2.23.